The van der Waals surface area contributed by atoms with E-state index in [1.165, 1.54) is 12.8 Å². The van der Waals surface area contributed by atoms with Crippen LogP contribution in [0, 0.1) is 0 Å². The van der Waals surface area contributed by atoms with Crippen molar-refractivity contribution in [1.29, 1.82) is 0 Å². The summed E-state index contributed by atoms with van der Waals surface area (Å²) in [4.78, 5) is 34.1. The monoisotopic (exact) mass is 419 g/mol. The molecular weight excluding hydrogens is 394 g/mol. The van der Waals surface area contributed by atoms with Gasteiger partial charge in [0.1, 0.15) is 30.4 Å². The second-order valence-electron chi connectivity index (χ2n) is 7.89. The lowest BCUT2D eigenvalue weighted by Crippen LogP contribution is -2.49. The molecule has 0 unspecified atom stereocenters. The van der Waals surface area contributed by atoms with Crippen molar-refractivity contribution in [1.82, 2.24) is 29.4 Å². The van der Waals surface area contributed by atoms with Gasteiger partial charge in [0.25, 0.3) is 5.91 Å². The van der Waals surface area contributed by atoms with Crippen LogP contribution in [0.4, 0.5) is 5.82 Å². The Hall–Kier alpha value is -3.49. The van der Waals surface area contributed by atoms with E-state index in [9.17, 15) is 4.79 Å². The van der Waals surface area contributed by atoms with Gasteiger partial charge in [0.15, 0.2) is 0 Å². The standard InChI is InChI=1S/C22H25N7O2/c30-22(17-5-6-21(24-14-17)31-18-3-1-2-4-18)28-11-9-27(10-12-28)19-13-20(26-15-25-19)29-8-7-23-16-29/h5-8,13-16,18H,1-4,9-12H2. The highest BCUT2D eigenvalue weighted by Crippen LogP contribution is 2.23. The van der Waals surface area contributed by atoms with Crippen molar-refractivity contribution >= 4 is 11.7 Å². The first-order chi connectivity index (χ1) is 15.3. The van der Waals surface area contributed by atoms with Gasteiger partial charge in [-0.25, -0.2) is 19.9 Å². The molecule has 0 spiro atoms. The van der Waals surface area contributed by atoms with Crippen LogP contribution in [0.1, 0.15) is 36.0 Å². The number of piperazine rings is 1. The third kappa shape index (κ3) is 4.35. The van der Waals surface area contributed by atoms with Crippen LogP contribution < -0.4 is 9.64 Å². The van der Waals surface area contributed by atoms with Gasteiger partial charge in [-0.15, -0.1) is 0 Å². The number of hydrogen-bond acceptors (Lipinski definition) is 7. The summed E-state index contributed by atoms with van der Waals surface area (Å²) in [6.07, 6.45) is 13.3. The molecular formula is C22H25N7O2. The quantitative estimate of drug-likeness (QED) is 0.627. The molecule has 160 valence electrons. The van der Waals surface area contributed by atoms with Gasteiger partial charge in [-0.3, -0.25) is 9.36 Å². The van der Waals surface area contributed by atoms with E-state index in [1.807, 2.05) is 27.8 Å². The van der Waals surface area contributed by atoms with Gasteiger partial charge in [0.05, 0.1) is 5.56 Å². The van der Waals surface area contributed by atoms with Crippen LogP contribution in [0.5, 0.6) is 5.88 Å². The first-order valence-corrected chi connectivity index (χ1v) is 10.7. The lowest BCUT2D eigenvalue weighted by atomic mass is 10.2. The zero-order valence-electron chi connectivity index (χ0n) is 17.3. The molecule has 1 saturated heterocycles. The summed E-state index contributed by atoms with van der Waals surface area (Å²) < 4.78 is 7.74. The summed E-state index contributed by atoms with van der Waals surface area (Å²) in [5.41, 5.74) is 0.594. The summed E-state index contributed by atoms with van der Waals surface area (Å²) in [6, 6.07) is 5.56. The molecule has 9 nitrogen and oxygen atoms in total. The predicted molar refractivity (Wildman–Crippen MR) is 114 cm³/mol. The van der Waals surface area contributed by atoms with E-state index >= 15 is 0 Å². The summed E-state index contributed by atoms with van der Waals surface area (Å²) in [5, 5.41) is 0. The number of nitrogens with zero attached hydrogens (tertiary/aromatic N) is 7. The molecule has 3 aromatic heterocycles. The highest BCUT2D eigenvalue weighted by molar-refractivity contribution is 5.94. The maximum absolute atomic E-state index is 12.9. The predicted octanol–water partition coefficient (Wildman–Crippen LogP) is 2.34. The van der Waals surface area contributed by atoms with Crippen molar-refractivity contribution in [3.05, 3.63) is 55.0 Å². The Bertz CT molecular complexity index is 1010. The topological polar surface area (TPSA) is 89.3 Å². The van der Waals surface area contributed by atoms with Gasteiger partial charge in [-0.1, -0.05) is 0 Å². The Balaban J connectivity index is 1.18. The Morgan fingerprint density at radius 1 is 1.00 bits per heavy atom. The molecule has 0 radical (unpaired) electrons. The number of imidazole rings is 1. The number of pyridine rings is 1. The van der Waals surface area contributed by atoms with Crippen molar-refractivity contribution in [3.8, 4) is 11.7 Å². The van der Waals surface area contributed by atoms with E-state index in [1.54, 1.807) is 31.1 Å². The fourth-order valence-electron chi connectivity index (χ4n) is 4.12. The van der Waals surface area contributed by atoms with Crippen molar-refractivity contribution in [3.63, 3.8) is 0 Å². The van der Waals surface area contributed by atoms with Crippen LogP contribution in [0.2, 0.25) is 0 Å². The van der Waals surface area contributed by atoms with Gasteiger partial charge < -0.3 is 14.5 Å². The maximum atomic E-state index is 12.9. The van der Waals surface area contributed by atoms with Gasteiger partial charge in [-0.2, -0.15) is 0 Å². The minimum absolute atomic E-state index is 0.00126. The van der Waals surface area contributed by atoms with Crippen LogP contribution in [-0.2, 0) is 0 Å². The average molecular weight is 419 g/mol. The zero-order valence-corrected chi connectivity index (χ0v) is 17.3. The fraction of sp³-hybridized carbons (Fsp3) is 0.409. The smallest absolute Gasteiger partial charge is 0.255 e. The van der Waals surface area contributed by atoms with Gasteiger partial charge in [0.2, 0.25) is 5.88 Å². The lowest BCUT2D eigenvalue weighted by molar-refractivity contribution is 0.0746. The van der Waals surface area contributed by atoms with Gasteiger partial charge in [0, 0.05) is 56.9 Å². The molecule has 31 heavy (non-hydrogen) atoms. The highest BCUT2D eigenvalue weighted by atomic mass is 16.5. The molecule has 2 aliphatic rings. The van der Waals surface area contributed by atoms with Gasteiger partial charge >= 0.3 is 0 Å². The minimum atomic E-state index is 0.00126. The van der Waals surface area contributed by atoms with E-state index in [2.05, 4.69) is 24.8 Å². The Labute approximate surface area is 180 Å². The molecule has 3 aromatic rings. The minimum Gasteiger partial charge on any atom is -0.474 e. The molecule has 1 aliphatic heterocycles. The molecule has 0 N–H and O–H groups in total. The van der Waals surface area contributed by atoms with Gasteiger partial charge in [-0.05, 0) is 31.7 Å². The second kappa shape index (κ2) is 8.71. The third-order valence-electron chi connectivity index (χ3n) is 5.87. The van der Waals surface area contributed by atoms with Crippen LogP contribution in [-0.4, -0.2) is 67.6 Å². The highest BCUT2D eigenvalue weighted by Gasteiger charge is 2.24. The largest absolute Gasteiger partial charge is 0.474 e. The van der Waals surface area contributed by atoms with E-state index in [-0.39, 0.29) is 12.0 Å². The fourth-order valence-corrected chi connectivity index (χ4v) is 4.12. The zero-order chi connectivity index (χ0) is 21.0. The molecule has 9 heteroatoms. The Kier molecular flexibility index (Phi) is 5.47. The van der Waals surface area contributed by atoms with Crippen molar-refractivity contribution in [2.24, 2.45) is 0 Å². The molecule has 0 aromatic carbocycles. The second-order valence-corrected chi connectivity index (χ2v) is 7.89. The molecule has 0 bridgehead atoms. The van der Waals surface area contributed by atoms with Crippen LogP contribution in [0.15, 0.2) is 49.4 Å². The average Bonchev–Trinajstić information content (AvgIpc) is 3.54. The number of hydrogen-bond donors (Lipinski definition) is 0. The molecule has 4 heterocycles. The molecule has 0 atom stereocenters. The number of rotatable bonds is 5. The van der Waals surface area contributed by atoms with E-state index in [0.717, 1.165) is 24.5 Å². The van der Waals surface area contributed by atoms with E-state index < -0.39 is 0 Å². The Morgan fingerprint density at radius 2 is 1.81 bits per heavy atom. The Morgan fingerprint density at radius 3 is 2.52 bits per heavy atom. The molecule has 1 saturated carbocycles. The number of anilines is 1. The summed E-state index contributed by atoms with van der Waals surface area (Å²) in [5.74, 6) is 2.22. The SMILES string of the molecule is O=C(c1ccc(OC2CCCC2)nc1)N1CCN(c2cc(-n3ccnc3)ncn2)CC1. The molecule has 2 fully saturated rings. The number of ether oxygens (including phenoxy) is 1. The van der Waals surface area contributed by atoms with E-state index in [0.29, 0.717) is 37.6 Å². The third-order valence-corrected chi connectivity index (χ3v) is 5.87. The number of carbonyl (C=O) groups excluding carboxylic acids is 1. The first-order valence-electron chi connectivity index (χ1n) is 10.7. The molecule has 1 amide bonds. The van der Waals surface area contributed by atoms with Crippen molar-refractivity contribution in [2.75, 3.05) is 31.1 Å². The number of aromatic nitrogens is 5. The summed E-state index contributed by atoms with van der Waals surface area (Å²) >= 11 is 0. The van der Waals surface area contributed by atoms with Crippen LogP contribution >= 0.6 is 0 Å². The molecule has 5 rings (SSSR count). The van der Waals surface area contributed by atoms with Crippen molar-refractivity contribution < 1.29 is 9.53 Å². The van der Waals surface area contributed by atoms with Crippen LogP contribution in [0.3, 0.4) is 0 Å². The van der Waals surface area contributed by atoms with Crippen molar-refractivity contribution in [2.45, 2.75) is 31.8 Å². The normalized spacial score (nSPS) is 17.2. The maximum Gasteiger partial charge on any atom is 0.255 e. The summed E-state index contributed by atoms with van der Waals surface area (Å²) in [7, 11) is 0. The number of carbonyl (C=O) groups is 1. The molecule has 1 aliphatic carbocycles. The lowest BCUT2D eigenvalue weighted by Gasteiger charge is -2.35. The van der Waals surface area contributed by atoms with E-state index in [4.69, 9.17) is 4.74 Å². The number of amides is 1. The van der Waals surface area contributed by atoms with Crippen LogP contribution in [0.25, 0.3) is 5.82 Å². The summed E-state index contributed by atoms with van der Waals surface area (Å²) in [6.45, 7) is 2.68. The first kappa shape index (κ1) is 19.5.